The molecule has 0 aliphatic heterocycles. The van der Waals surface area contributed by atoms with Crippen LogP contribution in [0.2, 0.25) is 0 Å². The van der Waals surface area contributed by atoms with Crippen LogP contribution in [0.1, 0.15) is 80.1 Å². The second-order valence-electron chi connectivity index (χ2n) is 9.88. The number of hydrogen-bond donors (Lipinski definition) is 0. The minimum absolute atomic E-state index is 1.17. The standard InChI is InChI=1S/2C15H26N.C2H2O4/c2*1-4-12-16(13-5-2,14-6-3)15-10-8-7-9-11-15;3-1(4)2(5)6/h2*7-11H,4-6,12-14H2,1-3H3;(H,3,4)(H,5,6)/q2*+1;/p-2. The summed E-state index contributed by atoms with van der Waals surface area (Å²) in [6.07, 6.45) is 7.55. The normalized spacial score (nSPS) is 11.0. The minimum Gasteiger partial charge on any atom is -0.543 e. The van der Waals surface area contributed by atoms with Crippen LogP contribution < -0.4 is 19.2 Å². The number of carbonyl (C=O) groups excluding carboxylic acids is 2. The molecular weight excluding hydrogens is 476 g/mol. The third kappa shape index (κ3) is 12.2. The monoisotopic (exact) mass is 528 g/mol. The van der Waals surface area contributed by atoms with Crippen LogP contribution in [0, 0.1) is 0 Å². The lowest BCUT2D eigenvalue weighted by Crippen LogP contribution is -2.51. The molecule has 0 unspecified atom stereocenters. The second kappa shape index (κ2) is 20.3. The fourth-order valence-corrected chi connectivity index (χ4v) is 5.50. The number of hydrogen-bond acceptors (Lipinski definition) is 4. The van der Waals surface area contributed by atoms with Crippen molar-refractivity contribution in [1.29, 1.82) is 0 Å². The Hall–Kier alpha value is -2.70. The molecule has 2 aromatic rings. The number of carbonyl (C=O) groups is 2. The number of quaternary nitrogens is 2. The molecule has 38 heavy (non-hydrogen) atoms. The molecule has 214 valence electrons. The summed E-state index contributed by atoms with van der Waals surface area (Å²) >= 11 is 0. The summed E-state index contributed by atoms with van der Waals surface area (Å²) in [5.41, 5.74) is 2.99. The van der Waals surface area contributed by atoms with E-state index in [-0.39, 0.29) is 0 Å². The Labute approximate surface area is 232 Å². The zero-order valence-corrected chi connectivity index (χ0v) is 24.8. The smallest absolute Gasteiger partial charge is 0.132 e. The third-order valence-corrected chi connectivity index (χ3v) is 6.68. The Balaban J connectivity index is 0.000000596. The molecule has 0 spiro atoms. The molecule has 0 N–H and O–H groups in total. The lowest BCUT2D eigenvalue weighted by atomic mass is 10.1. The number of benzene rings is 2. The molecule has 0 aliphatic carbocycles. The minimum atomic E-state index is -2.19. The van der Waals surface area contributed by atoms with Gasteiger partial charge in [0, 0.05) is 0 Å². The van der Waals surface area contributed by atoms with Gasteiger partial charge in [0.15, 0.2) is 0 Å². The lowest BCUT2D eigenvalue weighted by molar-refractivity contribution is -0.345. The van der Waals surface area contributed by atoms with Crippen LogP contribution in [0.3, 0.4) is 0 Å². The van der Waals surface area contributed by atoms with Gasteiger partial charge in [0.25, 0.3) is 0 Å². The Morgan fingerprint density at radius 2 is 0.684 bits per heavy atom. The van der Waals surface area contributed by atoms with Crippen molar-refractivity contribution < 1.29 is 19.8 Å². The molecule has 6 nitrogen and oxygen atoms in total. The first-order chi connectivity index (χ1) is 18.2. The first-order valence-electron chi connectivity index (χ1n) is 14.5. The highest BCUT2D eigenvalue weighted by Gasteiger charge is 2.28. The molecule has 2 rings (SSSR count). The zero-order valence-electron chi connectivity index (χ0n) is 24.8. The third-order valence-electron chi connectivity index (χ3n) is 6.68. The summed E-state index contributed by atoms with van der Waals surface area (Å²) in [5, 5.41) is 17.9. The molecule has 0 aliphatic rings. The van der Waals surface area contributed by atoms with E-state index in [2.05, 4.69) is 102 Å². The largest absolute Gasteiger partial charge is 0.543 e. The van der Waals surface area contributed by atoms with Gasteiger partial charge in [-0.1, -0.05) is 77.9 Å². The van der Waals surface area contributed by atoms with Crippen LogP contribution in [0.15, 0.2) is 60.7 Å². The van der Waals surface area contributed by atoms with E-state index in [0.29, 0.717) is 0 Å². The molecule has 0 bridgehead atoms. The zero-order chi connectivity index (χ0) is 28.9. The first kappa shape index (κ1) is 35.3. The molecule has 0 aromatic heterocycles. The van der Waals surface area contributed by atoms with Gasteiger partial charge >= 0.3 is 0 Å². The lowest BCUT2D eigenvalue weighted by Gasteiger charge is -2.38. The fourth-order valence-electron chi connectivity index (χ4n) is 5.50. The maximum absolute atomic E-state index is 8.93. The number of para-hydroxylation sites is 2. The van der Waals surface area contributed by atoms with E-state index in [0.717, 1.165) is 0 Å². The molecule has 2 aromatic carbocycles. The van der Waals surface area contributed by atoms with Crippen LogP contribution in [-0.4, -0.2) is 51.2 Å². The fraction of sp³-hybridized carbons (Fsp3) is 0.562. The van der Waals surface area contributed by atoms with Gasteiger partial charge in [-0.3, -0.25) is 8.97 Å². The summed E-state index contributed by atoms with van der Waals surface area (Å²) in [6, 6.07) is 22.1. The van der Waals surface area contributed by atoms with E-state index in [1.54, 1.807) is 0 Å². The highest BCUT2D eigenvalue weighted by atomic mass is 16.4. The Kier molecular flexibility index (Phi) is 18.8. The molecular formula is C32H52N2O4. The first-order valence-corrected chi connectivity index (χ1v) is 14.5. The van der Waals surface area contributed by atoms with E-state index in [4.69, 9.17) is 19.8 Å². The summed E-state index contributed by atoms with van der Waals surface area (Å²) in [4.78, 5) is 17.9. The topological polar surface area (TPSA) is 80.3 Å². The van der Waals surface area contributed by atoms with Gasteiger partial charge in [-0.15, -0.1) is 0 Å². The van der Waals surface area contributed by atoms with Gasteiger partial charge in [0.2, 0.25) is 0 Å². The van der Waals surface area contributed by atoms with Gasteiger partial charge in [-0.05, 0) is 62.8 Å². The predicted octanol–water partition coefficient (Wildman–Crippen LogP) is 4.93. The maximum atomic E-state index is 8.93. The average Bonchev–Trinajstić information content (AvgIpc) is 2.91. The summed E-state index contributed by atoms with van der Waals surface area (Å²) in [6.45, 7) is 21.4. The predicted molar refractivity (Wildman–Crippen MR) is 157 cm³/mol. The van der Waals surface area contributed by atoms with Crippen LogP contribution in [0.25, 0.3) is 0 Å². The van der Waals surface area contributed by atoms with Gasteiger partial charge in [-0.2, -0.15) is 0 Å². The van der Waals surface area contributed by atoms with E-state index in [1.165, 1.54) is 98.1 Å². The summed E-state index contributed by atoms with van der Waals surface area (Å²) in [5.74, 6) is -4.37. The van der Waals surface area contributed by atoms with Crippen molar-refractivity contribution in [3.8, 4) is 0 Å². The number of carboxylic acids is 2. The quantitative estimate of drug-likeness (QED) is 0.257. The van der Waals surface area contributed by atoms with Gasteiger partial charge < -0.3 is 19.8 Å². The van der Waals surface area contributed by atoms with Gasteiger partial charge in [-0.25, -0.2) is 0 Å². The van der Waals surface area contributed by atoms with Crippen molar-refractivity contribution >= 4 is 23.3 Å². The van der Waals surface area contributed by atoms with E-state index >= 15 is 0 Å². The molecule has 0 heterocycles. The van der Waals surface area contributed by atoms with Crippen LogP contribution >= 0.6 is 0 Å². The van der Waals surface area contributed by atoms with Crippen molar-refractivity contribution in [2.75, 3.05) is 39.3 Å². The SMILES string of the molecule is CCC[N+](CCC)(CCC)c1ccccc1.CCC[N+](CCC)(CCC)c1ccccc1.O=C([O-])C(=O)[O-]. The molecule has 6 heteroatoms. The maximum Gasteiger partial charge on any atom is 0.132 e. The summed E-state index contributed by atoms with van der Waals surface area (Å²) in [7, 11) is 0. The highest BCUT2D eigenvalue weighted by Crippen LogP contribution is 2.25. The molecule has 0 atom stereocenters. The van der Waals surface area contributed by atoms with Crippen LogP contribution in [-0.2, 0) is 9.59 Å². The molecule has 0 fully saturated rings. The number of nitrogens with zero attached hydrogens (tertiary/aromatic N) is 2. The van der Waals surface area contributed by atoms with E-state index in [1.807, 2.05) is 0 Å². The average molecular weight is 529 g/mol. The molecule has 0 amide bonds. The number of rotatable bonds is 14. The van der Waals surface area contributed by atoms with Crippen molar-refractivity contribution in [2.24, 2.45) is 0 Å². The van der Waals surface area contributed by atoms with Gasteiger partial charge in [0.05, 0.1) is 51.2 Å². The molecule has 0 saturated heterocycles. The second-order valence-corrected chi connectivity index (χ2v) is 9.88. The van der Waals surface area contributed by atoms with Crippen molar-refractivity contribution in [3.05, 3.63) is 60.7 Å². The molecule has 0 radical (unpaired) electrons. The van der Waals surface area contributed by atoms with Gasteiger partial charge in [0.1, 0.15) is 11.4 Å². The number of aliphatic carboxylic acids is 2. The van der Waals surface area contributed by atoms with Crippen LogP contribution in [0.4, 0.5) is 11.4 Å². The summed E-state index contributed by atoms with van der Waals surface area (Å²) < 4.78 is 2.34. The Bertz CT molecular complexity index is 764. The molecule has 0 saturated carbocycles. The highest BCUT2D eigenvalue weighted by molar-refractivity contribution is 6.25. The number of carboxylic acid groups (broad SMARTS) is 2. The van der Waals surface area contributed by atoms with Crippen molar-refractivity contribution in [2.45, 2.75) is 80.1 Å². The van der Waals surface area contributed by atoms with E-state index < -0.39 is 11.9 Å². The Morgan fingerprint density at radius 1 is 0.474 bits per heavy atom. The Morgan fingerprint density at radius 3 is 0.842 bits per heavy atom. The van der Waals surface area contributed by atoms with Crippen molar-refractivity contribution in [3.63, 3.8) is 0 Å². The van der Waals surface area contributed by atoms with Crippen LogP contribution in [0.5, 0.6) is 0 Å². The van der Waals surface area contributed by atoms with E-state index in [9.17, 15) is 0 Å². The van der Waals surface area contributed by atoms with Crippen molar-refractivity contribution in [1.82, 2.24) is 8.97 Å².